The van der Waals surface area contributed by atoms with E-state index < -0.39 is 0 Å². The van der Waals surface area contributed by atoms with Gasteiger partial charge in [-0.05, 0) is 48.6 Å². The Morgan fingerprint density at radius 2 is 2.29 bits per heavy atom. The van der Waals surface area contributed by atoms with Gasteiger partial charge >= 0.3 is 0 Å². The Morgan fingerprint density at radius 1 is 1.47 bits per heavy atom. The molecule has 1 heterocycles. The first kappa shape index (κ1) is 12.6. The minimum atomic E-state index is 0.0448. The third kappa shape index (κ3) is 2.89. The molecule has 0 saturated carbocycles. The predicted molar refractivity (Wildman–Crippen MR) is 72.2 cm³/mol. The van der Waals surface area contributed by atoms with Crippen molar-refractivity contribution in [3.63, 3.8) is 0 Å². The predicted octanol–water partition coefficient (Wildman–Crippen LogP) is 2.96. The third-order valence-corrected chi connectivity index (χ3v) is 3.54. The van der Waals surface area contributed by atoms with Gasteiger partial charge in [0.2, 0.25) is 0 Å². The van der Waals surface area contributed by atoms with E-state index in [9.17, 15) is 0 Å². The topological polar surface area (TPSA) is 47.3 Å². The van der Waals surface area contributed by atoms with Crippen molar-refractivity contribution in [1.82, 2.24) is 5.43 Å². The Morgan fingerprint density at radius 3 is 2.88 bits per heavy atom. The number of rotatable bonds is 3. The van der Waals surface area contributed by atoms with Gasteiger partial charge in [0.15, 0.2) is 0 Å². The van der Waals surface area contributed by atoms with Gasteiger partial charge in [0.1, 0.15) is 0 Å². The Labute approximate surface area is 110 Å². The molecule has 1 unspecified atom stereocenters. The van der Waals surface area contributed by atoms with Gasteiger partial charge in [-0.3, -0.25) is 5.84 Å². The number of nitrogens with two attached hydrogens (primary N) is 1. The highest BCUT2D eigenvalue weighted by molar-refractivity contribution is 9.10. The minimum Gasteiger partial charge on any atom is -0.501 e. The maximum atomic E-state index is 5.68. The fourth-order valence-corrected chi connectivity index (χ4v) is 2.63. The number of hydrogen-bond donors (Lipinski definition) is 2. The normalized spacial score (nSPS) is 17.2. The van der Waals surface area contributed by atoms with Crippen LogP contribution in [0.2, 0.25) is 0 Å². The van der Waals surface area contributed by atoms with Crippen LogP contribution in [0.3, 0.4) is 0 Å². The van der Waals surface area contributed by atoms with E-state index in [0.717, 1.165) is 23.9 Å². The van der Waals surface area contributed by atoms with E-state index in [-0.39, 0.29) is 6.04 Å². The molecule has 1 aliphatic rings. The molecule has 1 aromatic carbocycles. The number of ether oxygens (including phenoxy) is 1. The van der Waals surface area contributed by atoms with Crippen LogP contribution in [0.25, 0.3) is 0 Å². The van der Waals surface area contributed by atoms with Gasteiger partial charge in [-0.1, -0.05) is 22.0 Å². The molecule has 92 valence electrons. The Kier molecular flexibility index (Phi) is 4.20. The van der Waals surface area contributed by atoms with Crippen molar-refractivity contribution < 1.29 is 4.74 Å². The van der Waals surface area contributed by atoms with Crippen molar-refractivity contribution in [2.24, 2.45) is 5.84 Å². The Hall–Kier alpha value is -0.840. The first-order chi connectivity index (χ1) is 8.22. The van der Waals surface area contributed by atoms with E-state index in [4.69, 9.17) is 10.6 Å². The van der Waals surface area contributed by atoms with Crippen LogP contribution in [-0.2, 0) is 4.74 Å². The van der Waals surface area contributed by atoms with Crippen LogP contribution in [0, 0.1) is 6.92 Å². The highest BCUT2D eigenvalue weighted by Crippen LogP contribution is 2.30. The molecule has 0 aliphatic carbocycles. The summed E-state index contributed by atoms with van der Waals surface area (Å²) in [4.78, 5) is 0. The maximum absolute atomic E-state index is 5.68. The van der Waals surface area contributed by atoms with Crippen LogP contribution in [-0.4, -0.2) is 6.61 Å². The Bertz CT molecular complexity index is 431. The molecule has 0 aromatic heterocycles. The molecule has 0 amide bonds. The SMILES string of the molecule is Cc1cc(Br)ccc1C(NN)C1=COCCC1. The molecule has 17 heavy (non-hydrogen) atoms. The van der Waals surface area contributed by atoms with E-state index in [1.807, 2.05) is 12.3 Å². The molecule has 3 N–H and O–H groups in total. The molecule has 0 spiro atoms. The largest absolute Gasteiger partial charge is 0.501 e. The van der Waals surface area contributed by atoms with Crippen molar-refractivity contribution in [1.29, 1.82) is 0 Å². The molecule has 1 atom stereocenters. The van der Waals surface area contributed by atoms with Crippen molar-refractivity contribution in [2.45, 2.75) is 25.8 Å². The molecule has 0 fully saturated rings. The zero-order chi connectivity index (χ0) is 12.3. The molecule has 0 radical (unpaired) electrons. The molecule has 1 aromatic rings. The number of hydrogen-bond acceptors (Lipinski definition) is 3. The number of aryl methyl sites for hydroxylation is 1. The summed E-state index contributed by atoms with van der Waals surface area (Å²) in [6, 6.07) is 6.28. The highest BCUT2D eigenvalue weighted by Gasteiger charge is 2.19. The summed E-state index contributed by atoms with van der Waals surface area (Å²) in [6.07, 6.45) is 3.93. The molecular formula is C13H17BrN2O. The summed E-state index contributed by atoms with van der Waals surface area (Å²) < 4.78 is 6.47. The lowest BCUT2D eigenvalue weighted by Gasteiger charge is -2.24. The lowest BCUT2D eigenvalue weighted by atomic mass is 9.93. The summed E-state index contributed by atoms with van der Waals surface area (Å²) in [5.74, 6) is 5.68. The summed E-state index contributed by atoms with van der Waals surface area (Å²) in [5, 5.41) is 0. The van der Waals surface area contributed by atoms with Crippen LogP contribution in [0.5, 0.6) is 0 Å². The fourth-order valence-electron chi connectivity index (χ4n) is 2.16. The van der Waals surface area contributed by atoms with Crippen LogP contribution in [0.1, 0.15) is 30.0 Å². The van der Waals surface area contributed by atoms with Gasteiger partial charge in [-0.25, -0.2) is 5.43 Å². The number of halogens is 1. The van der Waals surface area contributed by atoms with Gasteiger partial charge in [-0.15, -0.1) is 0 Å². The zero-order valence-electron chi connectivity index (χ0n) is 9.87. The van der Waals surface area contributed by atoms with Crippen LogP contribution in [0.4, 0.5) is 0 Å². The van der Waals surface area contributed by atoms with E-state index in [1.165, 1.54) is 16.7 Å². The molecule has 3 nitrogen and oxygen atoms in total. The molecule has 0 bridgehead atoms. The van der Waals surface area contributed by atoms with Crippen molar-refractivity contribution in [3.8, 4) is 0 Å². The third-order valence-electron chi connectivity index (χ3n) is 3.04. The fraction of sp³-hybridized carbons (Fsp3) is 0.385. The van der Waals surface area contributed by atoms with Crippen LogP contribution >= 0.6 is 15.9 Å². The lowest BCUT2D eigenvalue weighted by molar-refractivity contribution is 0.219. The number of hydrazine groups is 1. The molecule has 2 rings (SSSR count). The molecular weight excluding hydrogens is 280 g/mol. The van der Waals surface area contributed by atoms with Gasteiger partial charge in [0.25, 0.3) is 0 Å². The monoisotopic (exact) mass is 296 g/mol. The quantitative estimate of drug-likeness (QED) is 0.666. The number of benzene rings is 1. The number of nitrogens with one attached hydrogen (secondary N) is 1. The summed E-state index contributed by atoms with van der Waals surface area (Å²) in [6.45, 7) is 2.90. The maximum Gasteiger partial charge on any atom is 0.0876 e. The van der Waals surface area contributed by atoms with Crippen molar-refractivity contribution >= 4 is 15.9 Å². The van der Waals surface area contributed by atoms with Gasteiger partial charge in [-0.2, -0.15) is 0 Å². The summed E-state index contributed by atoms with van der Waals surface area (Å²) in [5.41, 5.74) is 6.51. The van der Waals surface area contributed by atoms with Gasteiger partial charge in [0, 0.05) is 4.47 Å². The summed E-state index contributed by atoms with van der Waals surface area (Å²) in [7, 11) is 0. The second kappa shape index (κ2) is 5.67. The van der Waals surface area contributed by atoms with Gasteiger partial charge < -0.3 is 4.74 Å². The van der Waals surface area contributed by atoms with E-state index >= 15 is 0 Å². The van der Waals surface area contributed by atoms with E-state index in [1.54, 1.807) is 0 Å². The smallest absolute Gasteiger partial charge is 0.0876 e. The van der Waals surface area contributed by atoms with Gasteiger partial charge in [0.05, 0.1) is 18.9 Å². The standard InChI is InChI=1S/C13H17BrN2O/c1-9-7-11(14)4-5-12(9)13(16-15)10-3-2-6-17-8-10/h4-5,7-8,13,16H,2-3,6,15H2,1H3. The van der Waals surface area contributed by atoms with Crippen molar-refractivity contribution in [3.05, 3.63) is 45.6 Å². The highest BCUT2D eigenvalue weighted by atomic mass is 79.9. The second-order valence-electron chi connectivity index (χ2n) is 4.27. The van der Waals surface area contributed by atoms with Crippen LogP contribution in [0.15, 0.2) is 34.5 Å². The van der Waals surface area contributed by atoms with Crippen LogP contribution < -0.4 is 11.3 Å². The van der Waals surface area contributed by atoms with E-state index in [2.05, 4.69) is 40.4 Å². The zero-order valence-corrected chi connectivity index (χ0v) is 11.5. The second-order valence-corrected chi connectivity index (χ2v) is 5.18. The van der Waals surface area contributed by atoms with Crippen molar-refractivity contribution in [2.75, 3.05) is 6.61 Å². The lowest BCUT2D eigenvalue weighted by Crippen LogP contribution is -2.30. The molecule has 4 heteroatoms. The first-order valence-corrected chi connectivity index (χ1v) is 6.54. The minimum absolute atomic E-state index is 0.0448. The average molecular weight is 297 g/mol. The van der Waals surface area contributed by atoms with E-state index in [0.29, 0.717) is 0 Å². The summed E-state index contributed by atoms with van der Waals surface area (Å²) >= 11 is 3.47. The Balaban J connectivity index is 2.31. The molecule has 1 aliphatic heterocycles. The molecule has 0 saturated heterocycles. The first-order valence-electron chi connectivity index (χ1n) is 5.75. The average Bonchev–Trinajstić information content (AvgIpc) is 2.34.